The van der Waals surface area contributed by atoms with Gasteiger partial charge in [-0.1, -0.05) is 11.8 Å². The minimum atomic E-state index is -3.06. The number of nitrogens with zero attached hydrogens (tertiary/aromatic N) is 3. The molecule has 0 radical (unpaired) electrons. The first-order chi connectivity index (χ1) is 13.1. The van der Waals surface area contributed by atoms with Crippen molar-refractivity contribution in [3.05, 3.63) is 38.0 Å². The normalized spacial score (nSPS) is 18.3. The summed E-state index contributed by atoms with van der Waals surface area (Å²) in [5.74, 6) is -0.102. The number of aryl methyl sites for hydroxylation is 1. The van der Waals surface area contributed by atoms with Crippen LogP contribution < -0.4 is 16.6 Å². The van der Waals surface area contributed by atoms with E-state index in [0.29, 0.717) is 17.7 Å². The highest BCUT2D eigenvalue weighted by atomic mass is 32.2. The number of H-pyrrole nitrogens is 1. The molecule has 1 saturated heterocycles. The first-order valence-electron chi connectivity index (χ1n) is 8.38. The Morgan fingerprint density at radius 3 is 2.82 bits per heavy atom. The SMILES string of the molecule is Cc1[nH]c(=O)n(C)c(=O)c1Cc1nnc(SCC(=O)NC2CCS(=O)(=O)C2)o1. The van der Waals surface area contributed by atoms with Gasteiger partial charge in [-0.3, -0.25) is 14.2 Å². The van der Waals surface area contributed by atoms with Crippen molar-refractivity contribution in [2.45, 2.75) is 31.0 Å². The van der Waals surface area contributed by atoms with Crippen molar-refractivity contribution in [2.24, 2.45) is 7.05 Å². The molecule has 0 aromatic carbocycles. The molecule has 2 aromatic rings. The van der Waals surface area contributed by atoms with Crippen LogP contribution in [-0.4, -0.2) is 57.4 Å². The van der Waals surface area contributed by atoms with Crippen LogP contribution in [0.2, 0.25) is 0 Å². The molecule has 1 amide bonds. The van der Waals surface area contributed by atoms with E-state index in [4.69, 9.17) is 4.42 Å². The summed E-state index contributed by atoms with van der Waals surface area (Å²) in [7, 11) is -1.69. The molecule has 0 aliphatic carbocycles. The zero-order chi connectivity index (χ0) is 20.5. The second kappa shape index (κ2) is 7.91. The molecule has 2 aromatic heterocycles. The van der Waals surface area contributed by atoms with Gasteiger partial charge in [0.15, 0.2) is 9.84 Å². The Balaban J connectivity index is 1.58. The fourth-order valence-corrected chi connectivity index (χ4v) is 5.07. The van der Waals surface area contributed by atoms with Crippen molar-refractivity contribution in [3.63, 3.8) is 0 Å². The summed E-state index contributed by atoms with van der Waals surface area (Å²) in [4.78, 5) is 38.3. The highest BCUT2D eigenvalue weighted by molar-refractivity contribution is 7.99. The predicted octanol–water partition coefficient (Wildman–Crippen LogP) is -1.25. The lowest BCUT2D eigenvalue weighted by Gasteiger charge is -2.09. The number of sulfone groups is 1. The van der Waals surface area contributed by atoms with Gasteiger partial charge >= 0.3 is 5.69 Å². The smallest absolute Gasteiger partial charge is 0.328 e. The van der Waals surface area contributed by atoms with E-state index in [2.05, 4.69) is 20.5 Å². The highest BCUT2D eigenvalue weighted by Crippen LogP contribution is 2.18. The van der Waals surface area contributed by atoms with Crippen LogP contribution in [0.4, 0.5) is 0 Å². The van der Waals surface area contributed by atoms with Crippen molar-refractivity contribution < 1.29 is 17.6 Å². The Kier molecular flexibility index (Phi) is 5.74. The third-order valence-corrected chi connectivity index (χ3v) is 6.90. The van der Waals surface area contributed by atoms with E-state index in [-0.39, 0.29) is 46.7 Å². The summed E-state index contributed by atoms with van der Waals surface area (Å²) in [5.41, 5.74) is -0.192. The Hall–Kier alpha value is -2.41. The van der Waals surface area contributed by atoms with Gasteiger partial charge in [-0.15, -0.1) is 10.2 Å². The van der Waals surface area contributed by atoms with Crippen LogP contribution in [0.1, 0.15) is 23.6 Å². The van der Waals surface area contributed by atoms with Gasteiger partial charge in [-0.25, -0.2) is 13.2 Å². The number of nitrogens with one attached hydrogen (secondary N) is 2. The maximum absolute atomic E-state index is 12.2. The van der Waals surface area contributed by atoms with Gasteiger partial charge in [-0.2, -0.15) is 0 Å². The molecule has 1 fully saturated rings. The number of amides is 1. The minimum Gasteiger partial charge on any atom is -0.416 e. The summed E-state index contributed by atoms with van der Waals surface area (Å²) >= 11 is 1.01. The fourth-order valence-electron chi connectivity index (χ4n) is 2.81. The molecule has 1 aliphatic heterocycles. The van der Waals surface area contributed by atoms with Crippen molar-refractivity contribution in [2.75, 3.05) is 17.3 Å². The van der Waals surface area contributed by atoms with Crippen molar-refractivity contribution in [1.29, 1.82) is 0 Å². The number of thioether (sulfide) groups is 1. The molecule has 0 saturated carbocycles. The average molecular weight is 429 g/mol. The summed E-state index contributed by atoms with van der Waals surface area (Å²) in [6.07, 6.45) is 0.464. The summed E-state index contributed by atoms with van der Waals surface area (Å²) < 4.78 is 29.2. The minimum absolute atomic E-state index is 0.00235. The first kappa shape index (κ1) is 20.3. The maximum atomic E-state index is 12.2. The van der Waals surface area contributed by atoms with Gasteiger partial charge in [0.25, 0.3) is 10.8 Å². The maximum Gasteiger partial charge on any atom is 0.328 e. The zero-order valence-electron chi connectivity index (χ0n) is 15.2. The van der Waals surface area contributed by atoms with Crippen LogP contribution >= 0.6 is 11.8 Å². The molecule has 1 atom stereocenters. The van der Waals surface area contributed by atoms with Crippen LogP contribution in [0.5, 0.6) is 0 Å². The summed E-state index contributed by atoms with van der Waals surface area (Å²) in [6, 6.07) is -0.365. The Morgan fingerprint density at radius 1 is 1.39 bits per heavy atom. The number of hydrogen-bond donors (Lipinski definition) is 2. The Labute approximate surface area is 163 Å². The van der Waals surface area contributed by atoms with E-state index in [9.17, 15) is 22.8 Å². The molecule has 13 heteroatoms. The summed E-state index contributed by atoms with van der Waals surface area (Å²) in [6.45, 7) is 1.61. The molecule has 1 aliphatic rings. The molecule has 0 spiro atoms. The Morgan fingerprint density at radius 2 is 2.14 bits per heavy atom. The van der Waals surface area contributed by atoms with Gasteiger partial charge in [0.05, 0.1) is 23.7 Å². The molecule has 1 unspecified atom stereocenters. The molecule has 3 rings (SSSR count). The topological polar surface area (TPSA) is 157 Å². The second-order valence-corrected chi connectivity index (χ2v) is 9.65. The van der Waals surface area contributed by atoms with Crippen LogP contribution in [0.15, 0.2) is 19.2 Å². The van der Waals surface area contributed by atoms with E-state index in [1.54, 1.807) is 6.92 Å². The van der Waals surface area contributed by atoms with E-state index in [0.717, 1.165) is 16.3 Å². The van der Waals surface area contributed by atoms with Crippen LogP contribution in [0.25, 0.3) is 0 Å². The average Bonchev–Trinajstić information content (AvgIpc) is 3.21. The molecular formula is C15H19N5O6S2. The number of carbonyl (C=O) groups excluding carboxylic acids is 1. The molecule has 11 nitrogen and oxygen atoms in total. The quantitative estimate of drug-likeness (QED) is 0.535. The lowest BCUT2D eigenvalue weighted by atomic mass is 10.2. The largest absolute Gasteiger partial charge is 0.416 e. The summed E-state index contributed by atoms with van der Waals surface area (Å²) in [5, 5.41) is 10.5. The monoisotopic (exact) mass is 429 g/mol. The number of rotatable bonds is 6. The second-order valence-electron chi connectivity index (χ2n) is 6.49. The van der Waals surface area contributed by atoms with Gasteiger partial charge in [0.2, 0.25) is 11.8 Å². The third-order valence-electron chi connectivity index (χ3n) is 4.32. The lowest BCUT2D eigenvalue weighted by molar-refractivity contribution is -0.119. The van der Waals surface area contributed by atoms with E-state index < -0.39 is 21.1 Å². The zero-order valence-corrected chi connectivity index (χ0v) is 16.9. The molecule has 3 heterocycles. The number of aromatic nitrogens is 4. The molecular weight excluding hydrogens is 410 g/mol. The van der Waals surface area contributed by atoms with Gasteiger partial charge in [0.1, 0.15) is 0 Å². The predicted molar refractivity (Wildman–Crippen MR) is 100 cm³/mol. The number of aromatic amines is 1. The van der Waals surface area contributed by atoms with Crippen LogP contribution in [-0.2, 0) is 28.1 Å². The van der Waals surface area contributed by atoms with E-state index >= 15 is 0 Å². The molecule has 2 N–H and O–H groups in total. The number of carbonyl (C=O) groups is 1. The Bertz CT molecular complexity index is 1120. The third kappa shape index (κ3) is 4.70. The van der Waals surface area contributed by atoms with Crippen LogP contribution in [0.3, 0.4) is 0 Å². The fraction of sp³-hybridized carbons (Fsp3) is 0.533. The van der Waals surface area contributed by atoms with Gasteiger partial charge < -0.3 is 14.7 Å². The van der Waals surface area contributed by atoms with Crippen molar-refractivity contribution in [1.82, 2.24) is 25.1 Å². The highest BCUT2D eigenvalue weighted by Gasteiger charge is 2.28. The number of hydrogen-bond acceptors (Lipinski definition) is 9. The van der Waals surface area contributed by atoms with E-state index in [1.165, 1.54) is 7.05 Å². The van der Waals surface area contributed by atoms with Crippen molar-refractivity contribution >= 4 is 27.5 Å². The molecule has 0 bridgehead atoms. The van der Waals surface area contributed by atoms with E-state index in [1.807, 2.05) is 0 Å². The standard InChI is InChI=1S/C15H19N5O6S2/c1-8-10(13(22)20(2)14(23)16-8)5-12-18-19-15(26-12)27-6-11(21)17-9-3-4-28(24,25)7-9/h9H,3-7H2,1-2H3,(H,16,23)(H,17,21). The van der Waals surface area contributed by atoms with Gasteiger partial charge in [-0.05, 0) is 13.3 Å². The molecule has 28 heavy (non-hydrogen) atoms. The molecule has 152 valence electrons. The van der Waals surface area contributed by atoms with Crippen molar-refractivity contribution in [3.8, 4) is 0 Å². The first-order valence-corrected chi connectivity index (χ1v) is 11.2. The van der Waals surface area contributed by atoms with Gasteiger partial charge in [0, 0.05) is 24.3 Å². The van der Waals surface area contributed by atoms with Crippen LogP contribution in [0, 0.1) is 6.92 Å². The lowest BCUT2D eigenvalue weighted by Crippen LogP contribution is -2.36.